The number of benzene rings is 1. The molecule has 1 aromatic carbocycles. The molecule has 0 saturated carbocycles. The zero-order chi connectivity index (χ0) is 17.1. The van der Waals surface area contributed by atoms with Crippen molar-refractivity contribution in [1.82, 2.24) is 9.88 Å². The lowest BCUT2D eigenvalue weighted by molar-refractivity contribution is 0.0746. The number of carbonyl (C=O) groups excluding carboxylic acids is 1. The highest BCUT2D eigenvalue weighted by Crippen LogP contribution is 2.28. The van der Waals surface area contributed by atoms with Crippen LogP contribution < -0.4 is 15.2 Å². The maximum atomic E-state index is 12.6. The van der Waals surface area contributed by atoms with Crippen LogP contribution in [0.5, 0.6) is 5.75 Å². The van der Waals surface area contributed by atoms with Gasteiger partial charge in [-0.2, -0.15) is 0 Å². The molecule has 3 rings (SSSR count). The standard InChI is InChI=1S/C18H21N3O3/c1-13-11-14(12-17(22)19-13)18(23)21-9-7-20(8-10-21)15-5-3-4-6-16(15)24-2/h3-6,11-12H,7-10H2,1-2H3,(H,19,22). The Kier molecular flexibility index (Phi) is 4.55. The molecule has 2 aromatic rings. The summed E-state index contributed by atoms with van der Waals surface area (Å²) in [7, 11) is 1.66. The molecule has 126 valence electrons. The number of aromatic amines is 1. The Hall–Kier alpha value is -2.76. The second kappa shape index (κ2) is 6.78. The lowest BCUT2D eigenvalue weighted by Gasteiger charge is -2.36. The van der Waals surface area contributed by atoms with Crippen molar-refractivity contribution in [2.75, 3.05) is 38.2 Å². The van der Waals surface area contributed by atoms with E-state index in [1.165, 1.54) is 6.07 Å². The van der Waals surface area contributed by atoms with E-state index in [1.807, 2.05) is 24.3 Å². The summed E-state index contributed by atoms with van der Waals surface area (Å²) in [5.41, 5.74) is 1.94. The van der Waals surface area contributed by atoms with Crippen molar-refractivity contribution in [3.63, 3.8) is 0 Å². The number of para-hydroxylation sites is 2. The average molecular weight is 327 g/mol. The number of hydrogen-bond donors (Lipinski definition) is 1. The fraction of sp³-hybridized carbons (Fsp3) is 0.333. The molecule has 0 radical (unpaired) electrons. The Morgan fingerprint density at radius 3 is 2.50 bits per heavy atom. The van der Waals surface area contributed by atoms with Crippen LogP contribution in [0.4, 0.5) is 5.69 Å². The fourth-order valence-corrected chi connectivity index (χ4v) is 3.03. The van der Waals surface area contributed by atoms with E-state index in [4.69, 9.17) is 4.74 Å². The second-order valence-corrected chi connectivity index (χ2v) is 5.87. The molecule has 0 bridgehead atoms. The second-order valence-electron chi connectivity index (χ2n) is 5.87. The number of pyridine rings is 1. The van der Waals surface area contributed by atoms with Crippen molar-refractivity contribution in [3.05, 3.63) is 58.0 Å². The molecule has 1 aliphatic rings. The molecule has 0 aliphatic carbocycles. The van der Waals surface area contributed by atoms with Crippen LogP contribution in [0.15, 0.2) is 41.2 Å². The Labute approximate surface area is 140 Å². The average Bonchev–Trinajstić information content (AvgIpc) is 2.60. The van der Waals surface area contributed by atoms with Gasteiger partial charge in [-0.3, -0.25) is 9.59 Å². The van der Waals surface area contributed by atoms with Gasteiger partial charge in [-0.15, -0.1) is 0 Å². The quantitative estimate of drug-likeness (QED) is 0.931. The third-order valence-corrected chi connectivity index (χ3v) is 4.22. The van der Waals surface area contributed by atoms with Gasteiger partial charge >= 0.3 is 0 Å². The minimum Gasteiger partial charge on any atom is -0.495 e. The van der Waals surface area contributed by atoms with E-state index in [-0.39, 0.29) is 11.5 Å². The van der Waals surface area contributed by atoms with Crippen LogP contribution in [0.1, 0.15) is 16.1 Å². The Morgan fingerprint density at radius 2 is 1.83 bits per heavy atom. The number of anilines is 1. The normalized spacial score (nSPS) is 14.6. The fourth-order valence-electron chi connectivity index (χ4n) is 3.03. The molecule has 1 saturated heterocycles. The predicted molar refractivity (Wildman–Crippen MR) is 92.9 cm³/mol. The number of ether oxygens (including phenoxy) is 1. The van der Waals surface area contributed by atoms with Crippen molar-refractivity contribution >= 4 is 11.6 Å². The third-order valence-electron chi connectivity index (χ3n) is 4.22. The molecule has 1 fully saturated rings. The van der Waals surface area contributed by atoms with Gasteiger partial charge in [0, 0.05) is 43.5 Å². The van der Waals surface area contributed by atoms with Crippen LogP contribution in [0.2, 0.25) is 0 Å². The van der Waals surface area contributed by atoms with E-state index < -0.39 is 0 Å². The maximum absolute atomic E-state index is 12.6. The van der Waals surface area contributed by atoms with E-state index in [0.29, 0.717) is 24.3 Å². The first-order chi connectivity index (χ1) is 11.6. The van der Waals surface area contributed by atoms with Crippen LogP contribution in [0, 0.1) is 6.92 Å². The van der Waals surface area contributed by atoms with E-state index in [9.17, 15) is 9.59 Å². The highest BCUT2D eigenvalue weighted by atomic mass is 16.5. The van der Waals surface area contributed by atoms with E-state index >= 15 is 0 Å². The Balaban J connectivity index is 1.70. The number of nitrogens with zero attached hydrogens (tertiary/aromatic N) is 2. The van der Waals surface area contributed by atoms with Gasteiger partial charge in [-0.25, -0.2) is 0 Å². The first-order valence-electron chi connectivity index (χ1n) is 7.96. The summed E-state index contributed by atoms with van der Waals surface area (Å²) in [6, 6.07) is 11.0. The van der Waals surface area contributed by atoms with E-state index in [2.05, 4.69) is 9.88 Å². The number of hydrogen-bond acceptors (Lipinski definition) is 4. The monoisotopic (exact) mass is 327 g/mol. The zero-order valence-electron chi connectivity index (χ0n) is 13.9. The predicted octanol–water partition coefficient (Wildman–Crippen LogP) is 1.65. The largest absolute Gasteiger partial charge is 0.495 e. The SMILES string of the molecule is COc1ccccc1N1CCN(C(=O)c2cc(C)[nH]c(=O)c2)CC1. The first-order valence-corrected chi connectivity index (χ1v) is 7.96. The number of aryl methyl sites for hydroxylation is 1. The topological polar surface area (TPSA) is 65.6 Å². The summed E-state index contributed by atoms with van der Waals surface area (Å²) in [4.78, 5) is 30.8. The molecule has 6 heteroatoms. The molecule has 1 aliphatic heterocycles. The molecular weight excluding hydrogens is 306 g/mol. The van der Waals surface area contributed by atoms with E-state index in [0.717, 1.165) is 24.5 Å². The van der Waals surface area contributed by atoms with Gasteiger partial charge in [-0.1, -0.05) is 12.1 Å². The molecule has 1 aromatic heterocycles. The van der Waals surface area contributed by atoms with Gasteiger partial charge in [-0.05, 0) is 25.1 Å². The number of carbonyl (C=O) groups is 1. The maximum Gasteiger partial charge on any atom is 0.254 e. The van der Waals surface area contributed by atoms with Crippen molar-refractivity contribution in [2.45, 2.75) is 6.92 Å². The van der Waals surface area contributed by atoms with Crippen LogP contribution in [0.3, 0.4) is 0 Å². The highest BCUT2D eigenvalue weighted by Gasteiger charge is 2.24. The van der Waals surface area contributed by atoms with Gasteiger partial charge < -0.3 is 19.5 Å². The van der Waals surface area contributed by atoms with Gasteiger partial charge in [0.15, 0.2) is 0 Å². The van der Waals surface area contributed by atoms with Crippen LogP contribution in [-0.2, 0) is 0 Å². The number of methoxy groups -OCH3 is 1. The van der Waals surface area contributed by atoms with Gasteiger partial charge in [0.2, 0.25) is 5.56 Å². The molecule has 6 nitrogen and oxygen atoms in total. The molecule has 24 heavy (non-hydrogen) atoms. The summed E-state index contributed by atoms with van der Waals surface area (Å²) in [5.74, 6) is 0.742. The number of aromatic nitrogens is 1. The first kappa shape index (κ1) is 16.1. The number of amides is 1. The van der Waals surface area contributed by atoms with Crippen LogP contribution in [-0.4, -0.2) is 49.1 Å². The van der Waals surface area contributed by atoms with Crippen LogP contribution >= 0.6 is 0 Å². The molecule has 0 spiro atoms. The van der Waals surface area contributed by atoms with Gasteiger partial charge in [0.1, 0.15) is 5.75 Å². The van der Waals surface area contributed by atoms with E-state index in [1.54, 1.807) is 25.0 Å². The smallest absolute Gasteiger partial charge is 0.254 e. The number of nitrogens with one attached hydrogen (secondary N) is 1. The summed E-state index contributed by atoms with van der Waals surface area (Å²) in [6.07, 6.45) is 0. The summed E-state index contributed by atoms with van der Waals surface area (Å²) in [5, 5.41) is 0. The van der Waals surface area contributed by atoms with Crippen molar-refractivity contribution in [3.8, 4) is 5.75 Å². The third kappa shape index (κ3) is 3.27. The zero-order valence-corrected chi connectivity index (χ0v) is 13.9. The van der Waals surface area contributed by atoms with Gasteiger partial charge in [0.05, 0.1) is 12.8 Å². The lowest BCUT2D eigenvalue weighted by atomic mass is 10.1. The molecule has 2 heterocycles. The minimum atomic E-state index is -0.244. The molecule has 1 amide bonds. The van der Waals surface area contributed by atoms with Crippen LogP contribution in [0.25, 0.3) is 0 Å². The minimum absolute atomic E-state index is 0.0936. The van der Waals surface area contributed by atoms with Crippen molar-refractivity contribution < 1.29 is 9.53 Å². The summed E-state index contributed by atoms with van der Waals surface area (Å²) < 4.78 is 5.41. The number of rotatable bonds is 3. The molecular formula is C18H21N3O3. The molecule has 0 unspecified atom stereocenters. The summed E-state index contributed by atoms with van der Waals surface area (Å²) in [6.45, 7) is 4.46. The highest BCUT2D eigenvalue weighted by molar-refractivity contribution is 5.94. The summed E-state index contributed by atoms with van der Waals surface area (Å²) >= 11 is 0. The number of H-pyrrole nitrogens is 1. The number of piperazine rings is 1. The molecule has 0 atom stereocenters. The van der Waals surface area contributed by atoms with Crippen molar-refractivity contribution in [1.29, 1.82) is 0 Å². The van der Waals surface area contributed by atoms with Crippen molar-refractivity contribution in [2.24, 2.45) is 0 Å². The lowest BCUT2D eigenvalue weighted by Crippen LogP contribution is -2.49. The van der Waals surface area contributed by atoms with Gasteiger partial charge in [0.25, 0.3) is 5.91 Å². The Bertz CT molecular complexity index is 792. The molecule has 1 N–H and O–H groups in total. The Morgan fingerprint density at radius 1 is 1.12 bits per heavy atom.